The second kappa shape index (κ2) is 5.50. The molecule has 3 fully saturated rings. The van der Waals surface area contributed by atoms with Gasteiger partial charge < -0.3 is 11.1 Å². The van der Waals surface area contributed by atoms with Crippen LogP contribution in [0, 0.1) is 17.8 Å². The van der Waals surface area contributed by atoms with E-state index in [1.165, 1.54) is 57.8 Å². The van der Waals surface area contributed by atoms with E-state index in [-0.39, 0.29) is 0 Å². The van der Waals surface area contributed by atoms with Crippen molar-refractivity contribution < 1.29 is 0 Å². The maximum atomic E-state index is 5.97. The second-order valence-corrected chi connectivity index (χ2v) is 6.57. The first-order chi connectivity index (χ1) is 8.83. The summed E-state index contributed by atoms with van der Waals surface area (Å²) in [6.07, 6.45) is 12.6. The largest absolute Gasteiger partial charge is 0.370 e. The molecule has 0 spiro atoms. The summed E-state index contributed by atoms with van der Waals surface area (Å²) in [4.78, 5) is 4.49. The number of nitrogens with zero attached hydrogens (tertiary/aromatic N) is 1. The molecule has 102 valence electrons. The van der Waals surface area contributed by atoms with Crippen LogP contribution in [0.25, 0.3) is 0 Å². The van der Waals surface area contributed by atoms with Gasteiger partial charge in [0.2, 0.25) is 0 Å². The van der Waals surface area contributed by atoms with E-state index in [4.69, 9.17) is 5.73 Å². The molecule has 2 atom stereocenters. The third-order valence-corrected chi connectivity index (χ3v) is 5.17. The van der Waals surface area contributed by atoms with Crippen LogP contribution in [-0.4, -0.2) is 18.5 Å². The maximum Gasteiger partial charge on any atom is 0.188 e. The molecule has 3 nitrogen and oxygen atoms in total. The standard InChI is InChI=1S/C15H27N3/c16-15(17-10-11-5-4-6-11)18-14-9-13(14)12-7-2-1-3-8-12/h11-14H,1-10H2,(H3,16,17,18)/t13-,14+/m0/s1. The lowest BCUT2D eigenvalue weighted by Gasteiger charge is -2.23. The van der Waals surface area contributed by atoms with Gasteiger partial charge in [0.1, 0.15) is 0 Å². The van der Waals surface area contributed by atoms with Gasteiger partial charge in [-0.3, -0.25) is 4.99 Å². The van der Waals surface area contributed by atoms with Gasteiger partial charge in [-0.15, -0.1) is 0 Å². The molecule has 0 bridgehead atoms. The van der Waals surface area contributed by atoms with Gasteiger partial charge in [-0.2, -0.15) is 0 Å². The Labute approximate surface area is 111 Å². The van der Waals surface area contributed by atoms with Crippen molar-refractivity contribution >= 4 is 5.96 Å². The van der Waals surface area contributed by atoms with Crippen molar-refractivity contribution in [3.8, 4) is 0 Å². The minimum Gasteiger partial charge on any atom is -0.370 e. The third-order valence-electron chi connectivity index (χ3n) is 5.17. The zero-order valence-electron chi connectivity index (χ0n) is 11.4. The molecule has 0 radical (unpaired) electrons. The van der Waals surface area contributed by atoms with Crippen LogP contribution in [0.5, 0.6) is 0 Å². The molecule has 0 aromatic heterocycles. The summed E-state index contributed by atoms with van der Waals surface area (Å²) in [5.74, 6) is 3.38. The highest BCUT2D eigenvalue weighted by Gasteiger charge is 2.43. The highest BCUT2D eigenvalue weighted by atomic mass is 15.1. The Hall–Kier alpha value is -0.730. The summed E-state index contributed by atoms with van der Waals surface area (Å²) in [5, 5.41) is 3.43. The summed E-state index contributed by atoms with van der Waals surface area (Å²) in [7, 11) is 0. The Morgan fingerprint density at radius 1 is 1.06 bits per heavy atom. The number of nitrogens with one attached hydrogen (secondary N) is 1. The number of hydrogen-bond donors (Lipinski definition) is 2. The zero-order chi connectivity index (χ0) is 12.4. The van der Waals surface area contributed by atoms with E-state index in [2.05, 4.69) is 10.3 Å². The van der Waals surface area contributed by atoms with Crippen molar-refractivity contribution in [3.05, 3.63) is 0 Å². The normalized spacial score (nSPS) is 34.1. The average molecular weight is 249 g/mol. The predicted molar refractivity (Wildman–Crippen MR) is 75.4 cm³/mol. The Balaban J connectivity index is 1.38. The van der Waals surface area contributed by atoms with Crippen LogP contribution in [0.2, 0.25) is 0 Å². The van der Waals surface area contributed by atoms with Crippen LogP contribution >= 0.6 is 0 Å². The molecular formula is C15H27N3. The van der Waals surface area contributed by atoms with Crippen LogP contribution in [-0.2, 0) is 0 Å². The first-order valence-corrected chi connectivity index (χ1v) is 7.89. The van der Waals surface area contributed by atoms with E-state index in [0.29, 0.717) is 12.0 Å². The summed E-state index contributed by atoms with van der Waals surface area (Å²) >= 11 is 0. The summed E-state index contributed by atoms with van der Waals surface area (Å²) < 4.78 is 0. The van der Waals surface area contributed by atoms with Crippen LogP contribution in [0.3, 0.4) is 0 Å². The Morgan fingerprint density at radius 2 is 1.83 bits per heavy atom. The van der Waals surface area contributed by atoms with Crippen LogP contribution in [0.4, 0.5) is 0 Å². The van der Waals surface area contributed by atoms with Crippen molar-refractivity contribution in [2.24, 2.45) is 28.5 Å². The highest BCUT2D eigenvalue weighted by molar-refractivity contribution is 5.78. The van der Waals surface area contributed by atoms with E-state index in [1.807, 2.05) is 0 Å². The summed E-state index contributed by atoms with van der Waals surface area (Å²) in [6.45, 7) is 0.944. The van der Waals surface area contributed by atoms with Gasteiger partial charge in [0.05, 0.1) is 0 Å². The zero-order valence-corrected chi connectivity index (χ0v) is 11.4. The molecule has 0 aromatic rings. The van der Waals surface area contributed by atoms with E-state index in [9.17, 15) is 0 Å². The SMILES string of the molecule is NC(=NCC1CCC1)N[C@@H]1C[C@H]1C1CCCCC1. The molecule has 3 aliphatic carbocycles. The molecule has 3 rings (SSSR count). The smallest absolute Gasteiger partial charge is 0.188 e. The lowest BCUT2D eigenvalue weighted by atomic mass is 9.85. The van der Waals surface area contributed by atoms with Gasteiger partial charge in [0, 0.05) is 12.6 Å². The second-order valence-electron chi connectivity index (χ2n) is 6.57. The van der Waals surface area contributed by atoms with Crippen LogP contribution < -0.4 is 11.1 Å². The van der Waals surface area contributed by atoms with E-state index in [1.54, 1.807) is 0 Å². The molecule has 0 unspecified atom stereocenters. The molecule has 0 amide bonds. The molecule has 0 saturated heterocycles. The summed E-state index contributed by atoms with van der Waals surface area (Å²) in [6, 6.07) is 0.637. The minimum atomic E-state index is 0.637. The fourth-order valence-corrected chi connectivity index (χ4v) is 3.60. The fraction of sp³-hybridized carbons (Fsp3) is 0.933. The van der Waals surface area contributed by atoms with E-state index >= 15 is 0 Å². The van der Waals surface area contributed by atoms with Crippen molar-refractivity contribution in [2.75, 3.05) is 6.54 Å². The Kier molecular flexibility index (Phi) is 3.76. The molecule has 3 saturated carbocycles. The lowest BCUT2D eigenvalue weighted by Crippen LogP contribution is -2.35. The lowest BCUT2D eigenvalue weighted by molar-refractivity contribution is 0.315. The number of rotatable bonds is 4. The number of nitrogens with two attached hydrogens (primary N) is 1. The van der Waals surface area contributed by atoms with Gasteiger partial charge in [0.25, 0.3) is 0 Å². The van der Waals surface area contributed by atoms with Gasteiger partial charge >= 0.3 is 0 Å². The van der Waals surface area contributed by atoms with E-state index < -0.39 is 0 Å². The fourth-order valence-electron chi connectivity index (χ4n) is 3.60. The molecular weight excluding hydrogens is 222 g/mol. The quantitative estimate of drug-likeness (QED) is 0.594. The molecule has 3 heteroatoms. The third kappa shape index (κ3) is 2.99. The van der Waals surface area contributed by atoms with Crippen LogP contribution in [0.15, 0.2) is 4.99 Å². The van der Waals surface area contributed by atoms with Crippen LogP contribution in [0.1, 0.15) is 57.8 Å². The Bertz CT molecular complexity index is 303. The maximum absolute atomic E-state index is 5.97. The summed E-state index contributed by atoms with van der Waals surface area (Å²) in [5.41, 5.74) is 5.97. The predicted octanol–water partition coefficient (Wildman–Crippen LogP) is 2.66. The topological polar surface area (TPSA) is 50.4 Å². The molecule has 0 heterocycles. The van der Waals surface area contributed by atoms with Crippen molar-refractivity contribution in [3.63, 3.8) is 0 Å². The first-order valence-electron chi connectivity index (χ1n) is 7.89. The number of hydrogen-bond acceptors (Lipinski definition) is 1. The van der Waals surface area contributed by atoms with Gasteiger partial charge in [-0.05, 0) is 37.0 Å². The number of guanidine groups is 1. The molecule has 3 aliphatic rings. The van der Waals surface area contributed by atoms with Gasteiger partial charge in [0.15, 0.2) is 5.96 Å². The van der Waals surface area contributed by atoms with E-state index in [0.717, 1.165) is 24.3 Å². The monoisotopic (exact) mass is 249 g/mol. The van der Waals surface area contributed by atoms with Gasteiger partial charge in [-0.25, -0.2) is 0 Å². The minimum absolute atomic E-state index is 0.637. The molecule has 0 aliphatic heterocycles. The Morgan fingerprint density at radius 3 is 2.50 bits per heavy atom. The van der Waals surface area contributed by atoms with Crippen molar-refractivity contribution in [1.29, 1.82) is 0 Å². The first kappa shape index (κ1) is 12.3. The van der Waals surface area contributed by atoms with Gasteiger partial charge in [-0.1, -0.05) is 38.5 Å². The van der Waals surface area contributed by atoms with Crippen molar-refractivity contribution in [2.45, 2.75) is 63.8 Å². The highest BCUT2D eigenvalue weighted by Crippen LogP contribution is 2.44. The number of aliphatic imine (C=N–C) groups is 1. The molecule has 3 N–H and O–H groups in total. The average Bonchev–Trinajstić information content (AvgIpc) is 3.07. The molecule has 0 aromatic carbocycles. The van der Waals surface area contributed by atoms with Crippen molar-refractivity contribution in [1.82, 2.24) is 5.32 Å². The molecule has 18 heavy (non-hydrogen) atoms.